The molecule has 1 fully saturated rings. The molecule has 0 bridgehead atoms. The van der Waals surface area contributed by atoms with E-state index in [0.29, 0.717) is 5.92 Å². The van der Waals surface area contributed by atoms with E-state index in [9.17, 15) is 14.9 Å². The highest BCUT2D eigenvalue weighted by atomic mass is 16.6. The first-order chi connectivity index (χ1) is 14.9. The summed E-state index contributed by atoms with van der Waals surface area (Å²) in [6.45, 7) is 3.60. The molecular weight excluding hydrogens is 396 g/mol. The first-order valence-corrected chi connectivity index (χ1v) is 10.4. The van der Waals surface area contributed by atoms with Crippen molar-refractivity contribution >= 4 is 28.2 Å². The van der Waals surface area contributed by atoms with Crippen molar-refractivity contribution in [2.24, 2.45) is 0 Å². The van der Waals surface area contributed by atoms with Gasteiger partial charge in [0.2, 0.25) is 5.91 Å². The van der Waals surface area contributed by atoms with Crippen LogP contribution in [0.3, 0.4) is 0 Å². The number of carbonyl (C=O) groups excluding carboxylic acids is 1. The number of hydrogen-bond acceptors (Lipinski definition) is 5. The van der Waals surface area contributed by atoms with E-state index in [4.69, 9.17) is 4.74 Å². The highest BCUT2D eigenvalue weighted by molar-refractivity contribution is 5.94. The lowest BCUT2D eigenvalue weighted by atomic mass is 9.89. The topological polar surface area (TPSA) is 100 Å². The predicted molar refractivity (Wildman–Crippen MR) is 120 cm³/mol. The molecule has 8 heteroatoms. The summed E-state index contributed by atoms with van der Waals surface area (Å²) in [7, 11) is 1.67. The van der Waals surface area contributed by atoms with Crippen LogP contribution < -0.4 is 10.1 Å². The number of rotatable bonds is 6. The summed E-state index contributed by atoms with van der Waals surface area (Å²) in [5, 5.41) is 15.1. The number of hydrogen-bond donors (Lipinski definition) is 2. The summed E-state index contributed by atoms with van der Waals surface area (Å²) in [6.07, 6.45) is 3.97. The molecule has 2 heterocycles. The number of fused-ring (bicyclic) bond motifs is 1. The Morgan fingerprint density at radius 1 is 1.26 bits per heavy atom. The van der Waals surface area contributed by atoms with Gasteiger partial charge in [-0.1, -0.05) is 6.07 Å². The third-order valence-electron chi connectivity index (χ3n) is 5.94. The number of carbonyl (C=O) groups is 1. The Labute approximate surface area is 180 Å². The molecule has 2 N–H and O–H groups in total. The summed E-state index contributed by atoms with van der Waals surface area (Å²) in [6, 6.07) is 10.9. The molecule has 0 aliphatic carbocycles. The highest BCUT2D eigenvalue weighted by Gasteiger charge is 2.25. The number of piperidine rings is 1. The minimum absolute atomic E-state index is 0.0816. The number of nitrogens with one attached hydrogen (secondary N) is 2. The predicted octanol–water partition coefficient (Wildman–Crippen LogP) is 4.21. The number of amides is 1. The quantitative estimate of drug-likeness (QED) is 0.458. The Morgan fingerprint density at radius 3 is 2.74 bits per heavy atom. The molecule has 0 radical (unpaired) electrons. The maximum Gasteiger partial charge on any atom is 0.293 e. The molecule has 1 aliphatic rings. The maximum atomic E-state index is 12.5. The fourth-order valence-electron chi connectivity index (χ4n) is 4.28. The van der Waals surface area contributed by atoms with Gasteiger partial charge in [-0.2, -0.15) is 0 Å². The molecule has 4 rings (SSSR count). The van der Waals surface area contributed by atoms with Gasteiger partial charge in [-0.05, 0) is 74.2 Å². The average Bonchev–Trinajstić information content (AvgIpc) is 3.18. The molecule has 162 valence electrons. The van der Waals surface area contributed by atoms with Gasteiger partial charge in [0.25, 0.3) is 5.69 Å². The van der Waals surface area contributed by atoms with Crippen LogP contribution in [0.15, 0.2) is 42.6 Å². The lowest BCUT2D eigenvalue weighted by molar-refractivity contribution is -0.384. The number of anilines is 1. The molecule has 31 heavy (non-hydrogen) atoms. The Bertz CT molecular complexity index is 1120. The molecule has 1 saturated heterocycles. The number of methoxy groups -OCH3 is 1. The number of nitro groups is 1. The van der Waals surface area contributed by atoms with Crippen molar-refractivity contribution < 1.29 is 14.5 Å². The Kier molecular flexibility index (Phi) is 5.90. The molecule has 1 aliphatic heterocycles. The zero-order valence-electron chi connectivity index (χ0n) is 17.7. The van der Waals surface area contributed by atoms with E-state index in [1.165, 1.54) is 17.0 Å². The fraction of sp³-hybridized carbons (Fsp3) is 0.348. The molecule has 0 unspecified atom stereocenters. The Hall–Kier alpha value is -3.39. The van der Waals surface area contributed by atoms with Crippen LogP contribution in [0.1, 0.15) is 29.9 Å². The fourth-order valence-corrected chi connectivity index (χ4v) is 4.28. The van der Waals surface area contributed by atoms with Gasteiger partial charge in [0.15, 0.2) is 0 Å². The normalized spacial score (nSPS) is 15.2. The number of aryl methyl sites for hydroxylation is 1. The van der Waals surface area contributed by atoms with Crippen molar-refractivity contribution in [1.29, 1.82) is 0 Å². The number of aromatic amines is 1. The Balaban J connectivity index is 1.37. The Morgan fingerprint density at radius 2 is 2.03 bits per heavy atom. The molecule has 2 aromatic carbocycles. The summed E-state index contributed by atoms with van der Waals surface area (Å²) in [5.41, 5.74) is 3.32. The van der Waals surface area contributed by atoms with Crippen molar-refractivity contribution in [3.8, 4) is 5.75 Å². The number of H-pyrrole nitrogens is 1. The van der Waals surface area contributed by atoms with Gasteiger partial charge in [0, 0.05) is 23.2 Å². The van der Waals surface area contributed by atoms with Crippen molar-refractivity contribution in [3.05, 3.63) is 63.8 Å². The summed E-state index contributed by atoms with van der Waals surface area (Å²) < 4.78 is 5.36. The second kappa shape index (κ2) is 8.77. The van der Waals surface area contributed by atoms with Crippen molar-refractivity contribution in [2.75, 3.05) is 32.1 Å². The van der Waals surface area contributed by atoms with Crippen molar-refractivity contribution in [2.45, 2.75) is 25.7 Å². The number of aromatic nitrogens is 1. The van der Waals surface area contributed by atoms with Crippen LogP contribution in [0, 0.1) is 17.0 Å². The number of nitro benzene ring substituents is 1. The lowest BCUT2D eigenvalue weighted by Gasteiger charge is -2.31. The van der Waals surface area contributed by atoms with Gasteiger partial charge in [0.1, 0.15) is 11.4 Å². The van der Waals surface area contributed by atoms with E-state index in [1.54, 1.807) is 26.2 Å². The van der Waals surface area contributed by atoms with Crippen LogP contribution >= 0.6 is 0 Å². The van der Waals surface area contributed by atoms with E-state index in [-0.39, 0.29) is 23.8 Å². The molecule has 3 aromatic rings. The smallest absolute Gasteiger partial charge is 0.293 e. The third kappa shape index (κ3) is 4.54. The second-order valence-electron chi connectivity index (χ2n) is 8.03. The van der Waals surface area contributed by atoms with Crippen LogP contribution in [0.4, 0.5) is 11.4 Å². The van der Waals surface area contributed by atoms with E-state index in [1.807, 2.05) is 12.1 Å². The zero-order chi connectivity index (χ0) is 22.0. The molecule has 0 atom stereocenters. The summed E-state index contributed by atoms with van der Waals surface area (Å²) >= 11 is 0. The van der Waals surface area contributed by atoms with Gasteiger partial charge < -0.3 is 15.0 Å². The first-order valence-electron chi connectivity index (χ1n) is 10.4. The molecular formula is C23H26N4O4. The van der Waals surface area contributed by atoms with Crippen LogP contribution in [0.5, 0.6) is 5.75 Å². The minimum Gasteiger partial charge on any atom is -0.497 e. The van der Waals surface area contributed by atoms with Gasteiger partial charge in [-0.15, -0.1) is 0 Å². The SMILES string of the molecule is COc1ccc2[nH]cc(C3CCN(CC(=O)Nc4ccc(C)cc4[N+](=O)[O-])CC3)c2c1. The second-order valence-corrected chi connectivity index (χ2v) is 8.03. The van der Waals surface area contributed by atoms with E-state index >= 15 is 0 Å². The third-order valence-corrected chi connectivity index (χ3v) is 5.94. The zero-order valence-corrected chi connectivity index (χ0v) is 17.7. The maximum absolute atomic E-state index is 12.5. The van der Waals surface area contributed by atoms with E-state index < -0.39 is 4.92 Å². The molecule has 0 saturated carbocycles. The molecule has 1 aromatic heterocycles. The average molecular weight is 422 g/mol. The van der Waals surface area contributed by atoms with Crippen LogP contribution in [0.2, 0.25) is 0 Å². The first kappa shape index (κ1) is 20.9. The summed E-state index contributed by atoms with van der Waals surface area (Å²) in [5.74, 6) is 1.02. The molecule has 0 spiro atoms. The number of ether oxygens (including phenoxy) is 1. The van der Waals surface area contributed by atoms with Gasteiger partial charge in [-0.25, -0.2) is 0 Å². The molecule has 1 amide bonds. The lowest BCUT2D eigenvalue weighted by Crippen LogP contribution is -2.38. The van der Waals surface area contributed by atoms with Gasteiger partial charge in [0.05, 0.1) is 18.6 Å². The number of benzene rings is 2. The number of likely N-dealkylation sites (tertiary alicyclic amines) is 1. The highest BCUT2D eigenvalue weighted by Crippen LogP contribution is 2.34. The minimum atomic E-state index is -0.468. The van der Waals surface area contributed by atoms with Crippen molar-refractivity contribution in [1.82, 2.24) is 9.88 Å². The van der Waals surface area contributed by atoms with Crippen LogP contribution in [0.25, 0.3) is 10.9 Å². The monoisotopic (exact) mass is 422 g/mol. The largest absolute Gasteiger partial charge is 0.497 e. The van der Waals surface area contributed by atoms with E-state index in [2.05, 4.69) is 27.5 Å². The summed E-state index contributed by atoms with van der Waals surface area (Å²) in [4.78, 5) is 28.7. The van der Waals surface area contributed by atoms with Gasteiger partial charge >= 0.3 is 0 Å². The van der Waals surface area contributed by atoms with E-state index in [0.717, 1.165) is 42.8 Å². The number of nitrogens with zero attached hydrogens (tertiary/aromatic N) is 2. The molecule has 8 nitrogen and oxygen atoms in total. The van der Waals surface area contributed by atoms with Crippen LogP contribution in [-0.4, -0.2) is 47.5 Å². The van der Waals surface area contributed by atoms with Crippen molar-refractivity contribution in [3.63, 3.8) is 0 Å². The standard InChI is InChI=1S/C23H26N4O4/c1-15-3-5-21(22(11-15)27(29)30)25-23(28)14-26-9-7-16(8-10-26)19-13-24-20-6-4-17(31-2)12-18(19)20/h3-6,11-13,16,24H,7-10,14H2,1-2H3,(H,25,28). The van der Waals surface area contributed by atoms with Gasteiger partial charge in [-0.3, -0.25) is 19.8 Å². The van der Waals surface area contributed by atoms with Crippen LogP contribution in [-0.2, 0) is 4.79 Å².